The molecule has 0 radical (unpaired) electrons. The topological polar surface area (TPSA) is 70.5 Å². The molecule has 1 amide bonds. The third-order valence-electron chi connectivity index (χ3n) is 3.66. The maximum Gasteiger partial charge on any atom is 0.329 e. The minimum Gasteiger partial charge on any atom is -0.479 e. The summed E-state index contributed by atoms with van der Waals surface area (Å²) in [5.74, 6) is -1.26. The third kappa shape index (κ3) is 1.96. The molecule has 1 aromatic heterocycles. The molecule has 5 heteroatoms. The molecular weight excluding hydrogens is 232 g/mol. The highest BCUT2D eigenvalue weighted by atomic mass is 16.4. The normalized spacial score (nSPS) is 17.4. The Morgan fingerprint density at radius 3 is 2.50 bits per heavy atom. The fourth-order valence-electron chi connectivity index (χ4n) is 2.51. The highest BCUT2D eigenvalue weighted by Crippen LogP contribution is 2.35. The van der Waals surface area contributed by atoms with Crippen LogP contribution in [0.5, 0.6) is 0 Å². The van der Waals surface area contributed by atoms with Crippen LogP contribution in [0.3, 0.4) is 0 Å². The Bertz CT molecular complexity index is 453. The summed E-state index contributed by atoms with van der Waals surface area (Å²) in [5, 5.41) is 9.42. The number of hydrogen-bond donors (Lipinski definition) is 1. The number of amides is 1. The molecule has 2 rings (SSSR count). The van der Waals surface area contributed by atoms with Crippen LogP contribution in [0, 0.1) is 0 Å². The second-order valence-corrected chi connectivity index (χ2v) is 4.62. The van der Waals surface area contributed by atoms with Crippen molar-refractivity contribution in [1.29, 1.82) is 0 Å². The van der Waals surface area contributed by atoms with E-state index in [1.54, 1.807) is 25.2 Å². The summed E-state index contributed by atoms with van der Waals surface area (Å²) in [5.41, 5.74) is -0.776. The van der Waals surface area contributed by atoms with Crippen molar-refractivity contribution >= 4 is 11.9 Å². The van der Waals surface area contributed by atoms with Gasteiger partial charge in [0.1, 0.15) is 11.2 Å². The number of aliphatic carboxylic acids is 1. The number of rotatable bonds is 3. The van der Waals surface area contributed by atoms with E-state index in [1.807, 2.05) is 0 Å². The fourth-order valence-corrected chi connectivity index (χ4v) is 2.51. The molecule has 1 heterocycles. The van der Waals surface area contributed by atoms with Gasteiger partial charge in [-0.05, 0) is 25.0 Å². The van der Waals surface area contributed by atoms with Gasteiger partial charge in [0.15, 0.2) is 0 Å². The molecule has 1 aromatic rings. The van der Waals surface area contributed by atoms with Crippen LogP contribution in [0.4, 0.5) is 0 Å². The number of nitrogens with zero attached hydrogens (tertiary/aromatic N) is 2. The smallest absolute Gasteiger partial charge is 0.329 e. The van der Waals surface area contributed by atoms with Crippen LogP contribution in [0.2, 0.25) is 0 Å². The number of carbonyl (C=O) groups excluding carboxylic acids is 1. The first-order valence-corrected chi connectivity index (χ1v) is 6.00. The van der Waals surface area contributed by atoms with Crippen LogP contribution in [0.25, 0.3) is 0 Å². The number of aromatic nitrogens is 1. The van der Waals surface area contributed by atoms with Gasteiger partial charge in [-0.15, -0.1) is 0 Å². The van der Waals surface area contributed by atoms with E-state index in [-0.39, 0.29) is 11.6 Å². The molecule has 0 atom stereocenters. The number of carboxylic acids is 1. The van der Waals surface area contributed by atoms with Gasteiger partial charge in [0.2, 0.25) is 0 Å². The summed E-state index contributed by atoms with van der Waals surface area (Å²) in [4.78, 5) is 29.0. The highest BCUT2D eigenvalue weighted by Gasteiger charge is 2.47. The molecule has 1 N–H and O–H groups in total. The van der Waals surface area contributed by atoms with Gasteiger partial charge in [-0.1, -0.05) is 18.9 Å². The van der Waals surface area contributed by atoms with Crippen LogP contribution in [0.15, 0.2) is 24.4 Å². The SMILES string of the molecule is CN(C(=O)c1ccccn1)C1(C(=O)O)CCCC1. The van der Waals surface area contributed by atoms with Crippen molar-refractivity contribution in [3.8, 4) is 0 Å². The summed E-state index contributed by atoms with van der Waals surface area (Å²) >= 11 is 0. The molecule has 5 nitrogen and oxygen atoms in total. The zero-order valence-corrected chi connectivity index (χ0v) is 10.3. The lowest BCUT2D eigenvalue weighted by molar-refractivity contribution is -0.148. The maximum atomic E-state index is 12.2. The molecule has 0 spiro atoms. The highest BCUT2D eigenvalue weighted by molar-refractivity contribution is 5.96. The monoisotopic (exact) mass is 248 g/mol. The van der Waals surface area contributed by atoms with Crippen LogP contribution < -0.4 is 0 Å². The zero-order chi connectivity index (χ0) is 13.2. The summed E-state index contributed by atoms with van der Waals surface area (Å²) in [6.45, 7) is 0. The Labute approximate surface area is 105 Å². The minimum atomic E-state index is -1.06. The van der Waals surface area contributed by atoms with Gasteiger partial charge in [-0.25, -0.2) is 4.79 Å². The zero-order valence-electron chi connectivity index (χ0n) is 10.3. The number of likely N-dealkylation sites (N-methyl/N-ethyl adjacent to an activating group) is 1. The quantitative estimate of drug-likeness (QED) is 0.881. The van der Waals surface area contributed by atoms with Crippen molar-refractivity contribution in [2.24, 2.45) is 0 Å². The largest absolute Gasteiger partial charge is 0.479 e. The van der Waals surface area contributed by atoms with Gasteiger partial charge in [0.05, 0.1) is 0 Å². The molecule has 1 aliphatic rings. The van der Waals surface area contributed by atoms with E-state index in [2.05, 4.69) is 4.98 Å². The minimum absolute atomic E-state index is 0.285. The molecular formula is C13H16N2O3. The van der Waals surface area contributed by atoms with Crippen molar-refractivity contribution in [1.82, 2.24) is 9.88 Å². The van der Waals surface area contributed by atoms with Crippen molar-refractivity contribution in [2.75, 3.05) is 7.05 Å². The standard InChI is InChI=1S/C13H16N2O3/c1-15(11(16)10-6-2-5-9-14-10)13(12(17)18)7-3-4-8-13/h2,5-6,9H,3-4,7-8H2,1H3,(H,17,18). The van der Waals surface area contributed by atoms with Crippen molar-refractivity contribution in [2.45, 2.75) is 31.2 Å². The molecule has 1 fully saturated rings. The van der Waals surface area contributed by atoms with E-state index in [1.165, 1.54) is 11.1 Å². The summed E-state index contributed by atoms with van der Waals surface area (Å²) in [6.07, 6.45) is 4.23. The lowest BCUT2D eigenvalue weighted by Gasteiger charge is -2.34. The Balaban J connectivity index is 2.27. The number of carbonyl (C=O) groups is 2. The molecule has 1 aliphatic carbocycles. The lowest BCUT2D eigenvalue weighted by Crippen LogP contribution is -2.53. The Morgan fingerprint density at radius 2 is 2.00 bits per heavy atom. The predicted molar refractivity (Wildman–Crippen MR) is 65.2 cm³/mol. The Hall–Kier alpha value is -1.91. The summed E-state index contributed by atoms with van der Waals surface area (Å²) in [7, 11) is 1.55. The second-order valence-electron chi connectivity index (χ2n) is 4.62. The van der Waals surface area contributed by atoms with E-state index in [9.17, 15) is 14.7 Å². The number of carboxylic acid groups (broad SMARTS) is 1. The number of hydrogen-bond acceptors (Lipinski definition) is 3. The van der Waals surface area contributed by atoms with Gasteiger partial charge >= 0.3 is 5.97 Å². The van der Waals surface area contributed by atoms with Crippen molar-refractivity contribution < 1.29 is 14.7 Å². The van der Waals surface area contributed by atoms with Crippen LogP contribution in [-0.2, 0) is 4.79 Å². The number of pyridine rings is 1. The molecule has 0 unspecified atom stereocenters. The van der Waals surface area contributed by atoms with Gasteiger partial charge in [-0.2, -0.15) is 0 Å². The van der Waals surface area contributed by atoms with E-state index < -0.39 is 11.5 Å². The predicted octanol–water partition coefficient (Wildman–Crippen LogP) is 1.55. The van der Waals surface area contributed by atoms with Crippen LogP contribution in [-0.4, -0.2) is 39.5 Å². The average Bonchev–Trinajstić information content (AvgIpc) is 2.88. The first-order chi connectivity index (χ1) is 8.58. The first kappa shape index (κ1) is 12.5. The average molecular weight is 248 g/mol. The lowest BCUT2D eigenvalue weighted by atomic mass is 9.95. The maximum absolute atomic E-state index is 12.2. The summed E-state index contributed by atoms with van der Waals surface area (Å²) in [6, 6.07) is 5.04. The van der Waals surface area contributed by atoms with Gasteiger partial charge in [-0.3, -0.25) is 9.78 Å². The fraction of sp³-hybridized carbons (Fsp3) is 0.462. The molecule has 0 aliphatic heterocycles. The molecule has 96 valence electrons. The molecule has 18 heavy (non-hydrogen) atoms. The van der Waals surface area contributed by atoms with Crippen molar-refractivity contribution in [3.63, 3.8) is 0 Å². The van der Waals surface area contributed by atoms with E-state index in [4.69, 9.17) is 0 Å². The third-order valence-corrected chi connectivity index (χ3v) is 3.66. The van der Waals surface area contributed by atoms with Gasteiger partial charge in [0.25, 0.3) is 5.91 Å². The molecule has 0 saturated heterocycles. The molecule has 0 bridgehead atoms. The van der Waals surface area contributed by atoms with E-state index >= 15 is 0 Å². The molecule has 0 aromatic carbocycles. The van der Waals surface area contributed by atoms with Crippen molar-refractivity contribution in [3.05, 3.63) is 30.1 Å². The van der Waals surface area contributed by atoms with Gasteiger partial charge in [0, 0.05) is 13.2 Å². The van der Waals surface area contributed by atoms with Gasteiger partial charge < -0.3 is 10.0 Å². The Morgan fingerprint density at radius 1 is 1.33 bits per heavy atom. The molecule has 1 saturated carbocycles. The van der Waals surface area contributed by atoms with E-state index in [0.29, 0.717) is 12.8 Å². The van der Waals surface area contributed by atoms with Crippen LogP contribution in [0.1, 0.15) is 36.2 Å². The summed E-state index contributed by atoms with van der Waals surface area (Å²) < 4.78 is 0. The first-order valence-electron chi connectivity index (χ1n) is 6.00. The second kappa shape index (κ2) is 4.76. The van der Waals surface area contributed by atoms with E-state index in [0.717, 1.165) is 12.8 Å². The van der Waals surface area contributed by atoms with Crippen LogP contribution >= 0.6 is 0 Å². The Kier molecular flexibility index (Phi) is 3.32.